The number of ether oxygens (including phenoxy) is 1. The predicted octanol–water partition coefficient (Wildman–Crippen LogP) is -0.530. The Morgan fingerprint density at radius 3 is 2.31 bits per heavy atom. The van der Waals surface area contributed by atoms with Crippen LogP contribution in [0.15, 0.2) is 11.0 Å². The maximum atomic E-state index is 14.6. The minimum atomic E-state index is -5.97. The lowest BCUT2D eigenvalue weighted by Gasteiger charge is -2.31. The van der Waals surface area contributed by atoms with Crippen LogP contribution in [-0.4, -0.2) is 65.6 Å². The number of anilines is 1. The van der Waals surface area contributed by atoms with E-state index < -0.39 is 77.6 Å². The highest BCUT2D eigenvalue weighted by molar-refractivity contribution is 7.66. The van der Waals surface area contributed by atoms with Gasteiger partial charge in [0.15, 0.2) is 11.8 Å². The molecule has 1 fully saturated rings. The van der Waals surface area contributed by atoms with E-state index in [0.717, 1.165) is 6.20 Å². The molecule has 0 saturated carbocycles. The highest BCUT2D eigenvalue weighted by atomic mass is 31.3. The third kappa shape index (κ3) is 6.22. The number of nitrogens with one attached hydrogen (secondary N) is 1. The van der Waals surface area contributed by atoms with Gasteiger partial charge >= 0.3 is 29.2 Å². The van der Waals surface area contributed by atoms with Gasteiger partial charge < -0.3 is 40.1 Å². The molecule has 32 heavy (non-hydrogen) atoms. The van der Waals surface area contributed by atoms with Gasteiger partial charge in [-0.3, -0.25) is 4.52 Å². The number of nitrogens with two attached hydrogens (primary N) is 1. The van der Waals surface area contributed by atoms with E-state index >= 15 is 0 Å². The highest BCUT2D eigenvalue weighted by Gasteiger charge is 2.62. The van der Waals surface area contributed by atoms with Crippen molar-refractivity contribution >= 4 is 29.3 Å². The molecule has 2 rings (SSSR count). The topological polar surface area (TPSA) is 261 Å². The van der Waals surface area contributed by atoms with Crippen LogP contribution in [0.1, 0.15) is 11.7 Å². The average molecular weight is 535 g/mol. The van der Waals surface area contributed by atoms with E-state index in [4.69, 9.17) is 25.2 Å². The maximum Gasteiger partial charge on any atom is 0.490 e. The lowest BCUT2D eigenvalue weighted by molar-refractivity contribution is -0.183. The normalized spacial score (nSPS) is 30.2. The van der Waals surface area contributed by atoms with Crippen LogP contribution in [0.25, 0.3) is 0 Å². The zero-order valence-corrected chi connectivity index (χ0v) is 17.8. The largest absolute Gasteiger partial charge is 0.490 e. The van der Waals surface area contributed by atoms with Gasteiger partial charge in [0.2, 0.25) is 0 Å². The molecule has 1 aliphatic rings. The van der Waals surface area contributed by atoms with Crippen molar-refractivity contribution in [3.05, 3.63) is 22.2 Å². The van der Waals surface area contributed by atoms with Crippen LogP contribution >= 0.6 is 23.5 Å². The van der Waals surface area contributed by atoms with Crippen LogP contribution in [0.2, 0.25) is 0 Å². The van der Waals surface area contributed by atoms with Gasteiger partial charge in [-0.15, -0.1) is 0 Å². The highest BCUT2D eigenvalue weighted by Crippen LogP contribution is 2.66. The number of phosphoric acid groups is 3. The van der Waals surface area contributed by atoms with E-state index in [1.807, 2.05) is 4.98 Å². The third-order valence-electron chi connectivity index (χ3n) is 3.85. The summed E-state index contributed by atoms with van der Waals surface area (Å²) in [6, 6.07) is 0. The number of nitrogen functional groups attached to an aromatic ring is 1. The predicted molar refractivity (Wildman–Crippen MR) is 92.6 cm³/mol. The molecule has 1 aromatic heterocycles. The van der Waals surface area contributed by atoms with Crippen molar-refractivity contribution in [1.82, 2.24) is 9.97 Å². The van der Waals surface area contributed by atoms with Gasteiger partial charge in [0.05, 0.1) is 6.61 Å². The van der Waals surface area contributed by atoms with Gasteiger partial charge in [0.25, 0.3) is 6.43 Å². The molecule has 0 aliphatic carbocycles. The first-order valence-corrected chi connectivity index (χ1v) is 12.3. The summed E-state index contributed by atoms with van der Waals surface area (Å²) in [4.78, 5) is 51.6. The Kier molecular flexibility index (Phi) is 7.79. The molecular weight excluding hydrogens is 520 g/mol. The molecule has 6 atom stereocenters. The summed E-state index contributed by atoms with van der Waals surface area (Å²) in [5, 5.41) is 10.0. The van der Waals surface area contributed by atoms with Crippen molar-refractivity contribution in [2.75, 3.05) is 12.3 Å². The smallest absolute Gasteiger partial charge is 0.387 e. The molecular formula is C10H15F3N3O13P3. The van der Waals surface area contributed by atoms with Crippen LogP contribution < -0.4 is 11.4 Å². The lowest BCUT2D eigenvalue weighted by Crippen LogP contribution is -2.52. The van der Waals surface area contributed by atoms with Gasteiger partial charge in [-0.05, 0) is 0 Å². The molecule has 1 aromatic rings. The first kappa shape index (κ1) is 27.0. The number of hydrogen-bond donors (Lipinski definition) is 7. The number of phosphoric ester groups is 1. The molecule has 8 N–H and O–H groups in total. The number of aliphatic hydroxyl groups is 1. The molecule has 2 heterocycles. The van der Waals surface area contributed by atoms with Crippen molar-refractivity contribution in [1.29, 1.82) is 0 Å². The number of nitrogens with zero attached hydrogens (tertiary/aromatic N) is 1. The van der Waals surface area contributed by atoms with Crippen LogP contribution in [0.5, 0.6) is 0 Å². The number of hydrogen-bond acceptors (Lipinski definition) is 11. The van der Waals surface area contributed by atoms with Crippen molar-refractivity contribution < 1.29 is 69.4 Å². The zero-order valence-electron chi connectivity index (χ0n) is 15.1. The maximum absolute atomic E-state index is 14.6. The quantitative estimate of drug-likeness (QED) is 0.196. The standard InChI is InChI=1S/C10H15F3N3O13P3/c11-4-5(3-1-15-9(18)16-7(3)14)27-10(6(4)17,8(12)13)2-26-31(22,23)29-32(24,25)28-30(19,20)21/h1,4-6,8,17H,2H2,(H,22,23)(H,24,25)(H2,19,20,21)(H3,14,15,16,18)/t4-,5+,6-,10+/m0/s1. The molecule has 0 amide bonds. The summed E-state index contributed by atoms with van der Waals surface area (Å²) in [6.07, 6.45) is -10.5. The fraction of sp³-hybridized carbons (Fsp3) is 0.600. The minimum absolute atomic E-state index is 0.475. The molecule has 22 heteroatoms. The Morgan fingerprint density at radius 1 is 1.22 bits per heavy atom. The van der Waals surface area contributed by atoms with Crippen LogP contribution in [-0.2, 0) is 31.6 Å². The fourth-order valence-electron chi connectivity index (χ4n) is 2.54. The van der Waals surface area contributed by atoms with E-state index in [2.05, 4.69) is 18.1 Å². The Morgan fingerprint density at radius 2 is 1.81 bits per heavy atom. The third-order valence-corrected chi connectivity index (χ3v) is 7.63. The van der Waals surface area contributed by atoms with Crippen molar-refractivity contribution in [3.63, 3.8) is 0 Å². The zero-order chi connectivity index (χ0) is 24.7. The van der Waals surface area contributed by atoms with E-state index in [9.17, 15) is 41.7 Å². The molecule has 0 aromatic carbocycles. The number of H-pyrrole nitrogens is 1. The molecule has 0 bridgehead atoms. The van der Waals surface area contributed by atoms with Gasteiger partial charge in [-0.25, -0.2) is 31.7 Å². The Balaban J connectivity index is 2.27. The summed E-state index contributed by atoms with van der Waals surface area (Å²) in [7, 11) is -17.6. The number of aliphatic hydroxyl groups excluding tert-OH is 1. The Hall–Kier alpha value is -1.20. The van der Waals surface area contributed by atoms with E-state index in [-0.39, 0.29) is 0 Å². The second-order valence-electron chi connectivity index (χ2n) is 6.09. The van der Waals surface area contributed by atoms with Gasteiger partial charge in [-0.2, -0.15) is 13.6 Å². The molecule has 16 nitrogen and oxygen atoms in total. The van der Waals surface area contributed by atoms with Crippen LogP contribution in [0.4, 0.5) is 19.0 Å². The first-order chi connectivity index (χ1) is 14.4. The van der Waals surface area contributed by atoms with Crippen LogP contribution in [0, 0.1) is 0 Å². The summed E-state index contributed by atoms with van der Waals surface area (Å²) in [6.45, 7) is -1.84. The molecule has 184 valence electrons. The molecule has 2 unspecified atom stereocenters. The van der Waals surface area contributed by atoms with Gasteiger partial charge in [-0.1, -0.05) is 0 Å². The molecule has 0 radical (unpaired) electrons. The number of aromatic amines is 1. The number of rotatable bonds is 9. The second kappa shape index (κ2) is 9.21. The summed E-state index contributed by atoms with van der Waals surface area (Å²) in [5.74, 6) is -0.647. The first-order valence-electron chi connectivity index (χ1n) is 7.81. The van der Waals surface area contributed by atoms with Gasteiger partial charge in [0.1, 0.15) is 18.0 Å². The Bertz CT molecular complexity index is 1050. The monoisotopic (exact) mass is 535 g/mol. The van der Waals surface area contributed by atoms with Crippen LogP contribution in [0.3, 0.4) is 0 Å². The molecule has 0 spiro atoms. The Labute approximate surface area is 174 Å². The number of aromatic nitrogens is 2. The molecule has 1 aliphatic heterocycles. The van der Waals surface area contributed by atoms with Crippen molar-refractivity contribution in [3.8, 4) is 0 Å². The van der Waals surface area contributed by atoms with E-state index in [1.54, 1.807) is 0 Å². The van der Waals surface area contributed by atoms with Gasteiger partial charge in [0, 0.05) is 11.8 Å². The fourth-order valence-corrected chi connectivity index (χ4v) is 5.60. The molecule has 1 saturated heterocycles. The number of alkyl halides is 3. The summed E-state index contributed by atoms with van der Waals surface area (Å²) < 4.78 is 91.4. The van der Waals surface area contributed by atoms with E-state index in [1.165, 1.54) is 0 Å². The summed E-state index contributed by atoms with van der Waals surface area (Å²) >= 11 is 0. The second-order valence-corrected chi connectivity index (χ2v) is 10.5. The van der Waals surface area contributed by atoms with E-state index in [0.29, 0.717) is 0 Å². The van der Waals surface area contributed by atoms with Crippen molar-refractivity contribution in [2.24, 2.45) is 0 Å². The SMILES string of the molecule is Nc1nc(=O)[nH]cc1[C@H]1O[C@@](COP(=O)(O)OP(=O)(O)OP(=O)(O)O)(C(F)F)[C@@H](O)[C@H]1F. The van der Waals surface area contributed by atoms with Crippen molar-refractivity contribution in [2.45, 2.75) is 30.4 Å². The summed E-state index contributed by atoms with van der Waals surface area (Å²) in [5.41, 5.74) is 0.587. The average Bonchev–Trinajstić information content (AvgIpc) is 2.83. The minimum Gasteiger partial charge on any atom is -0.387 e. The number of halogens is 3. The lowest BCUT2D eigenvalue weighted by atomic mass is 9.95.